The van der Waals surface area contributed by atoms with Gasteiger partial charge in [0, 0.05) is 10.7 Å². The number of benzene rings is 3. The fourth-order valence-corrected chi connectivity index (χ4v) is 3.66. The summed E-state index contributed by atoms with van der Waals surface area (Å²) in [7, 11) is 0. The lowest BCUT2D eigenvalue weighted by molar-refractivity contribution is -0.135. The van der Waals surface area contributed by atoms with Gasteiger partial charge in [-0.3, -0.25) is 9.69 Å². The van der Waals surface area contributed by atoms with Crippen molar-refractivity contribution in [3.8, 4) is 5.75 Å². The van der Waals surface area contributed by atoms with Gasteiger partial charge in [0.05, 0.1) is 0 Å². The number of aryl methyl sites for hydroxylation is 2. The summed E-state index contributed by atoms with van der Waals surface area (Å²) in [6, 6.07) is 18.9. The van der Waals surface area contributed by atoms with E-state index in [0.717, 1.165) is 16.7 Å². The number of ether oxygens (including phenoxy) is 1. The largest absolute Gasteiger partial charge is 0.478 e. The lowest BCUT2D eigenvalue weighted by Crippen LogP contribution is -2.61. The molecule has 0 spiro atoms. The van der Waals surface area contributed by atoms with Crippen LogP contribution in [0.5, 0.6) is 5.75 Å². The molecule has 142 valence electrons. The molecule has 1 saturated heterocycles. The number of carbonyl (C=O) groups is 1. The van der Waals surface area contributed by atoms with E-state index in [1.54, 1.807) is 35.2 Å². The second-order valence-corrected chi connectivity index (χ2v) is 7.42. The van der Waals surface area contributed by atoms with Crippen LogP contribution in [0.15, 0.2) is 66.7 Å². The van der Waals surface area contributed by atoms with Gasteiger partial charge in [-0.05, 0) is 67.4 Å². The van der Waals surface area contributed by atoms with E-state index in [9.17, 15) is 9.18 Å². The van der Waals surface area contributed by atoms with Crippen LogP contribution in [0.1, 0.15) is 22.7 Å². The molecule has 4 rings (SSSR count). The minimum Gasteiger partial charge on any atom is -0.478 e. The summed E-state index contributed by atoms with van der Waals surface area (Å²) < 4.78 is 19.4. The van der Waals surface area contributed by atoms with Gasteiger partial charge in [0.1, 0.15) is 17.6 Å². The smallest absolute Gasteiger partial charge is 0.271 e. The number of nitrogens with zero attached hydrogens (tertiary/aromatic N) is 1. The molecule has 0 saturated carbocycles. The monoisotopic (exact) mass is 395 g/mol. The molecule has 1 fully saturated rings. The van der Waals surface area contributed by atoms with E-state index < -0.39 is 6.10 Å². The maximum absolute atomic E-state index is 13.3. The molecular weight excluding hydrogens is 377 g/mol. The van der Waals surface area contributed by atoms with Crippen LogP contribution in [0, 0.1) is 19.7 Å². The molecule has 0 N–H and O–H groups in total. The molecular formula is C23H19ClFNO2. The Hall–Kier alpha value is -2.85. The van der Waals surface area contributed by atoms with Gasteiger partial charge >= 0.3 is 0 Å². The summed E-state index contributed by atoms with van der Waals surface area (Å²) in [5, 5.41) is 0.618. The Labute approximate surface area is 168 Å². The topological polar surface area (TPSA) is 29.5 Å². The van der Waals surface area contributed by atoms with Gasteiger partial charge in [-0.15, -0.1) is 0 Å². The van der Waals surface area contributed by atoms with E-state index in [1.165, 1.54) is 12.1 Å². The zero-order valence-electron chi connectivity index (χ0n) is 15.5. The average molecular weight is 396 g/mol. The lowest BCUT2D eigenvalue weighted by atomic mass is 9.89. The fourth-order valence-electron chi connectivity index (χ4n) is 3.44. The Kier molecular flexibility index (Phi) is 4.82. The summed E-state index contributed by atoms with van der Waals surface area (Å²) in [5.74, 6) is 0.123. The quantitative estimate of drug-likeness (QED) is 0.535. The summed E-state index contributed by atoms with van der Waals surface area (Å²) in [5.41, 5.74) is 3.60. The van der Waals surface area contributed by atoms with Crippen LogP contribution < -0.4 is 9.64 Å². The number of β-lactam (4-membered cyclic amide) rings is 1. The predicted octanol–water partition coefficient (Wildman–Crippen LogP) is 5.63. The van der Waals surface area contributed by atoms with Gasteiger partial charge < -0.3 is 4.74 Å². The van der Waals surface area contributed by atoms with E-state index in [-0.39, 0.29) is 17.8 Å². The first-order valence-corrected chi connectivity index (χ1v) is 9.40. The Morgan fingerprint density at radius 1 is 0.964 bits per heavy atom. The number of halogens is 2. The van der Waals surface area contributed by atoms with Crippen molar-refractivity contribution in [2.24, 2.45) is 0 Å². The van der Waals surface area contributed by atoms with E-state index in [1.807, 2.05) is 38.1 Å². The molecule has 0 aliphatic carbocycles. The van der Waals surface area contributed by atoms with E-state index in [4.69, 9.17) is 16.3 Å². The number of carbonyl (C=O) groups excluding carboxylic acids is 1. The van der Waals surface area contributed by atoms with Crippen molar-refractivity contribution in [1.29, 1.82) is 0 Å². The predicted molar refractivity (Wildman–Crippen MR) is 108 cm³/mol. The second-order valence-electron chi connectivity index (χ2n) is 6.99. The van der Waals surface area contributed by atoms with Gasteiger partial charge in [-0.1, -0.05) is 41.4 Å². The normalized spacial score (nSPS) is 18.7. The Bertz CT molecular complexity index is 1020. The fraction of sp³-hybridized carbons (Fsp3) is 0.174. The Morgan fingerprint density at radius 2 is 1.64 bits per heavy atom. The first kappa shape index (κ1) is 18.5. The van der Waals surface area contributed by atoms with Crippen LogP contribution in [-0.2, 0) is 4.79 Å². The first-order valence-electron chi connectivity index (χ1n) is 9.02. The van der Waals surface area contributed by atoms with Crippen LogP contribution in [-0.4, -0.2) is 12.0 Å². The lowest BCUT2D eigenvalue weighted by Gasteiger charge is -2.46. The summed E-state index contributed by atoms with van der Waals surface area (Å²) in [6.07, 6.45) is -0.660. The third-order valence-corrected chi connectivity index (χ3v) is 5.20. The molecule has 3 aromatic carbocycles. The number of hydrogen-bond acceptors (Lipinski definition) is 2. The van der Waals surface area contributed by atoms with Crippen LogP contribution in [0.25, 0.3) is 0 Å². The molecule has 3 aromatic rings. The molecule has 1 heterocycles. The van der Waals surface area contributed by atoms with Crippen molar-refractivity contribution in [3.63, 3.8) is 0 Å². The Morgan fingerprint density at radius 3 is 2.29 bits per heavy atom. The second kappa shape index (κ2) is 7.28. The molecule has 1 amide bonds. The highest BCUT2D eigenvalue weighted by molar-refractivity contribution is 6.30. The van der Waals surface area contributed by atoms with Crippen LogP contribution in [0.4, 0.5) is 10.1 Å². The molecule has 3 nitrogen and oxygen atoms in total. The summed E-state index contributed by atoms with van der Waals surface area (Å²) in [4.78, 5) is 14.6. The molecule has 1 aliphatic rings. The van der Waals surface area contributed by atoms with Gasteiger partial charge in [0.2, 0.25) is 6.10 Å². The average Bonchev–Trinajstić information content (AvgIpc) is 2.67. The molecule has 0 bridgehead atoms. The maximum Gasteiger partial charge on any atom is 0.271 e. The van der Waals surface area contributed by atoms with E-state index in [0.29, 0.717) is 16.5 Å². The van der Waals surface area contributed by atoms with Crippen LogP contribution in [0.2, 0.25) is 5.02 Å². The van der Waals surface area contributed by atoms with Gasteiger partial charge in [-0.2, -0.15) is 0 Å². The van der Waals surface area contributed by atoms with Crippen molar-refractivity contribution in [2.45, 2.75) is 26.0 Å². The van der Waals surface area contributed by atoms with Crippen molar-refractivity contribution in [3.05, 3.63) is 94.3 Å². The molecule has 2 atom stereocenters. The molecule has 1 aliphatic heterocycles. The summed E-state index contributed by atoms with van der Waals surface area (Å²) >= 11 is 6.02. The van der Waals surface area contributed by atoms with Crippen LogP contribution >= 0.6 is 11.6 Å². The molecule has 0 aromatic heterocycles. The van der Waals surface area contributed by atoms with E-state index in [2.05, 4.69) is 0 Å². The zero-order chi connectivity index (χ0) is 19.8. The zero-order valence-corrected chi connectivity index (χ0v) is 16.3. The van der Waals surface area contributed by atoms with Crippen molar-refractivity contribution in [2.75, 3.05) is 4.90 Å². The highest BCUT2D eigenvalue weighted by Gasteiger charge is 2.51. The molecule has 0 radical (unpaired) electrons. The van der Waals surface area contributed by atoms with Crippen LogP contribution in [0.3, 0.4) is 0 Å². The van der Waals surface area contributed by atoms with Crippen molar-refractivity contribution >= 4 is 23.2 Å². The Balaban J connectivity index is 1.69. The number of amides is 1. The molecule has 0 unspecified atom stereocenters. The molecule has 28 heavy (non-hydrogen) atoms. The van der Waals surface area contributed by atoms with Crippen molar-refractivity contribution in [1.82, 2.24) is 0 Å². The van der Waals surface area contributed by atoms with Gasteiger partial charge in [0.15, 0.2) is 0 Å². The number of rotatable bonds is 4. The molecule has 5 heteroatoms. The maximum atomic E-state index is 13.3. The standard InChI is InChI=1S/C23H19ClFNO2/c1-14-3-5-16(6-4-14)21-22(28-20-12-7-17(24)13-15(20)2)23(27)26(21)19-10-8-18(25)9-11-19/h3-13,21-22H,1-2H3/t21-,22-/m0/s1. The highest BCUT2D eigenvalue weighted by atomic mass is 35.5. The van der Waals surface area contributed by atoms with Gasteiger partial charge in [-0.25, -0.2) is 4.39 Å². The van der Waals surface area contributed by atoms with Gasteiger partial charge in [0.25, 0.3) is 5.91 Å². The minimum atomic E-state index is -0.660. The third kappa shape index (κ3) is 3.36. The highest BCUT2D eigenvalue weighted by Crippen LogP contribution is 2.42. The SMILES string of the molecule is Cc1ccc([C@H]2[C@H](Oc3ccc(Cl)cc3C)C(=O)N2c2ccc(F)cc2)cc1. The van der Waals surface area contributed by atoms with E-state index >= 15 is 0 Å². The third-order valence-electron chi connectivity index (χ3n) is 4.96. The number of anilines is 1. The summed E-state index contributed by atoms with van der Waals surface area (Å²) in [6.45, 7) is 3.90. The number of hydrogen-bond donors (Lipinski definition) is 0. The minimum absolute atomic E-state index is 0.161. The first-order chi connectivity index (χ1) is 13.4. The van der Waals surface area contributed by atoms with Crippen molar-refractivity contribution < 1.29 is 13.9 Å².